The minimum atomic E-state index is 0.249. The molecule has 124 valence electrons. The molecule has 0 saturated heterocycles. The Hall–Kier alpha value is -2.16. The lowest BCUT2D eigenvalue weighted by Crippen LogP contribution is -2.41. The van der Waals surface area contributed by atoms with E-state index in [2.05, 4.69) is 63.0 Å². The second-order valence-electron chi connectivity index (χ2n) is 7.73. The molecular formula is C21H25N3. The van der Waals surface area contributed by atoms with Gasteiger partial charge in [-0.05, 0) is 70.6 Å². The molecule has 2 unspecified atom stereocenters. The number of aryl methyl sites for hydroxylation is 3. The van der Waals surface area contributed by atoms with Crippen molar-refractivity contribution in [1.82, 2.24) is 10.2 Å². The van der Waals surface area contributed by atoms with Gasteiger partial charge in [0.1, 0.15) is 0 Å². The molecule has 0 radical (unpaired) electrons. The smallest absolute Gasteiger partial charge is 0.0678 e. The van der Waals surface area contributed by atoms with Crippen molar-refractivity contribution in [3.05, 3.63) is 51.2 Å². The summed E-state index contributed by atoms with van der Waals surface area (Å²) in [4.78, 5) is 0. The lowest BCUT2D eigenvalue weighted by molar-refractivity contribution is 0.641. The summed E-state index contributed by atoms with van der Waals surface area (Å²) in [6.07, 6.45) is 2.33. The summed E-state index contributed by atoms with van der Waals surface area (Å²) in [5.74, 6) is 0.566. The van der Waals surface area contributed by atoms with Crippen molar-refractivity contribution >= 4 is 16.8 Å². The second-order valence-corrected chi connectivity index (χ2v) is 7.73. The molecule has 1 saturated carbocycles. The first-order valence-electron chi connectivity index (χ1n) is 8.72. The molecule has 2 aromatic rings. The van der Waals surface area contributed by atoms with Crippen LogP contribution < -0.4 is 16.2 Å². The molecule has 3 heteroatoms. The summed E-state index contributed by atoms with van der Waals surface area (Å²) in [5.41, 5.74) is 14.9. The number of rotatable bonds is 1. The van der Waals surface area contributed by atoms with Gasteiger partial charge in [0.25, 0.3) is 0 Å². The van der Waals surface area contributed by atoms with E-state index in [1.54, 1.807) is 0 Å². The number of anilines is 1. The second kappa shape index (κ2) is 4.92. The Morgan fingerprint density at radius 3 is 2.33 bits per heavy atom. The van der Waals surface area contributed by atoms with Gasteiger partial charge in [0.2, 0.25) is 0 Å². The molecule has 24 heavy (non-hydrogen) atoms. The van der Waals surface area contributed by atoms with Gasteiger partial charge in [0.05, 0.1) is 11.4 Å². The van der Waals surface area contributed by atoms with E-state index in [-0.39, 0.29) is 5.41 Å². The maximum atomic E-state index is 6.16. The number of nitrogens with two attached hydrogens (primary N) is 1. The van der Waals surface area contributed by atoms with Gasteiger partial charge in [-0.3, -0.25) is 0 Å². The Bertz CT molecular complexity index is 987. The summed E-state index contributed by atoms with van der Waals surface area (Å²) >= 11 is 0. The standard InChI is InChI=1S/C21H25N3/c1-11-6-7-16(8-18(11)22)17-10-21(17)9-12(2)19-14(4)23-24-15(5)20(19)13(21)3/h6-8,17H,9-10,22H2,1-5H3. The van der Waals surface area contributed by atoms with Gasteiger partial charge < -0.3 is 5.73 Å². The van der Waals surface area contributed by atoms with Crippen molar-refractivity contribution in [3.63, 3.8) is 0 Å². The molecule has 0 amide bonds. The quantitative estimate of drug-likeness (QED) is 0.822. The molecule has 0 bridgehead atoms. The van der Waals surface area contributed by atoms with E-state index < -0.39 is 0 Å². The van der Waals surface area contributed by atoms with Crippen LogP contribution in [-0.4, -0.2) is 10.2 Å². The van der Waals surface area contributed by atoms with Gasteiger partial charge in [-0.25, -0.2) is 0 Å². The Morgan fingerprint density at radius 2 is 1.67 bits per heavy atom. The van der Waals surface area contributed by atoms with Crippen LogP contribution >= 0.6 is 0 Å². The van der Waals surface area contributed by atoms with Gasteiger partial charge in [-0.15, -0.1) is 0 Å². The van der Waals surface area contributed by atoms with Crippen LogP contribution in [-0.2, 0) is 0 Å². The molecule has 2 aliphatic rings. The summed E-state index contributed by atoms with van der Waals surface area (Å²) in [6, 6.07) is 6.59. The topological polar surface area (TPSA) is 51.8 Å². The van der Waals surface area contributed by atoms with Crippen molar-refractivity contribution in [2.45, 2.75) is 53.4 Å². The molecule has 3 nitrogen and oxygen atoms in total. The first kappa shape index (κ1) is 15.4. The number of aromatic nitrogens is 2. The van der Waals surface area contributed by atoms with Crippen molar-refractivity contribution in [2.24, 2.45) is 5.41 Å². The molecule has 1 heterocycles. The fourth-order valence-electron chi connectivity index (χ4n) is 4.76. The normalized spacial score (nSPS) is 25.1. The van der Waals surface area contributed by atoms with Crippen molar-refractivity contribution in [3.8, 4) is 0 Å². The molecular weight excluding hydrogens is 294 g/mol. The summed E-state index contributed by atoms with van der Waals surface area (Å²) in [7, 11) is 0. The highest BCUT2D eigenvalue weighted by Gasteiger charge is 2.56. The molecule has 2 atom stereocenters. The highest BCUT2D eigenvalue weighted by molar-refractivity contribution is 5.68. The minimum absolute atomic E-state index is 0.249. The van der Waals surface area contributed by atoms with Crippen LogP contribution in [0.5, 0.6) is 0 Å². The number of nitrogens with zero attached hydrogens (tertiary/aromatic N) is 2. The minimum Gasteiger partial charge on any atom is -0.399 e. The predicted molar refractivity (Wildman–Crippen MR) is 98.9 cm³/mol. The number of nitrogen functional groups attached to an aromatic ring is 1. The molecule has 4 rings (SSSR count). The Kier molecular flexibility index (Phi) is 3.15. The number of hydrogen-bond acceptors (Lipinski definition) is 3. The van der Waals surface area contributed by atoms with E-state index in [1.165, 1.54) is 33.6 Å². The maximum absolute atomic E-state index is 6.16. The third-order valence-corrected chi connectivity index (χ3v) is 6.23. The van der Waals surface area contributed by atoms with Gasteiger partial charge in [0, 0.05) is 21.5 Å². The van der Waals surface area contributed by atoms with Crippen LogP contribution in [0.2, 0.25) is 0 Å². The highest BCUT2D eigenvalue weighted by atomic mass is 15.1. The number of hydrogen-bond donors (Lipinski definition) is 1. The average Bonchev–Trinajstić information content (AvgIpc) is 3.25. The lowest BCUT2D eigenvalue weighted by atomic mass is 9.79. The lowest BCUT2D eigenvalue weighted by Gasteiger charge is -2.25. The molecule has 1 aromatic carbocycles. The van der Waals surface area contributed by atoms with Crippen LogP contribution in [0.3, 0.4) is 0 Å². The van der Waals surface area contributed by atoms with E-state index in [9.17, 15) is 0 Å². The molecule has 1 spiro atoms. The summed E-state index contributed by atoms with van der Waals surface area (Å²) < 4.78 is 0. The van der Waals surface area contributed by atoms with E-state index >= 15 is 0 Å². The number of fused-ring (bicyclic) bond motifs is 1. The zero-order valence-corrected chi connectivity index (χ0v) is 15.2. The first-order chi connectivity index (χ1) is 11.3. The van der Waals surface area contributed by atoms with Crippen LogP contribution in [0.4, 0.5) is 5.69 Å². The Balaban J connectivity index is 1.89. The van der Waals surface area contributed by atoms with E-state index in [0.717, 1.165) is 29.1 Å². The number of benzene rings is 1. The van der Waals surface area contributed by atoms with Gasteiger partial charge in [-0.2, -0.15) is 10.2 Å². The van der Waals surface area contributed by atoms with E-state index in [4.69, 9.17) is 5.73 Å². The molecule has 2 N–H and O–H groups in total. The van der Waals surface area contributed by atoms with Crippen molar-refractivity contribution in [2.75, 3.05) is 5.73 Å². The fraction of sp³-hybridized carbons (Fsp3) is 0.429. The fourth-order valence-corrected chi connectivity index (χ4v) is 4.76. The SMILES string of the molecule is CC1=c2c(C)nnc(C)c2=C(C)C2(C1)CC2c1ccc(C)c(N)c1. The van der Waals surface area contributed by atoms with Gasteiger partial charge in [-0.1, -0.05) is 23.3 Å². The van der Waals surface area contributed by atoms with Crippen LogP contribution in [0.15, 0.2) is 18.2 Å². The van der Waals surface area contributed by atoms with Crippen LogP contribution in [0, 0.1) is 26.2 Å². The Morgan fingerprint density at radius 1 is 1.00 bits per heavy atom. The molecule has 1 fully saturated rings. The van der Waals surface area contributed by atoms with E-state index in [0.29, 0.717) is 5.92 Å². The predicted octanol–water partition coefficient (Wildman–Crippen LogP) is 2.90. The van der Waals surface area contributed by atoms with Gasteiger partial charge >= 0.3 is 0 Å². The van der Waals surface area contributed by atoms with Crippen LogP contribution in [0.25, 0.3) is 11.1 Å². The molecule has 0 aliphatic heterocycles. The Labute approximate surface area is 143 Å². The largest absolute Gasteiger partial charge is 0.399 e. The van der Waals surface area contributed by atoms with Crippen molar-refractivity contribution in [1.29, 1.82) is 0 Å². The molecule has 2 aliphatic carbocycles. The maximum Gasteiger partial charge on any atom is 0.0678 e. The highest BCUT2D eigenvalue weighted by Crippen LogP contribution is 2.67. The third kappa shape index (κ3) is 1.97. The zero-order valence-electron chi connectivity index (χ0n) is 15.2. The van der Waals surface area contributed by atoms with Gasteiger partial charge in [0.15, 0.2) is 0 Å². The molecule has 1 aromatic heterocycles. The summed E-state index contributed by atoms with van der Waals surface area (Å²) in [6.45, 7) is 10.8. The third-order valence-electron chi connectivity index (χ3n) is 6.23. The zero-order chi connectivity index (χ0) is 17.2. The summed E-state index contributed by atoms with van der Waals surface area (Å²) in [5, 5.41) is 11.4. The first-order valence-corrected chi connectivity index (χ1v) is 8.72. The monoisotopic (exact) mass is 319 g/mol. The van der Waals surface area contributed by atoms with E-state index in [1.807, 2.05) is 0 Å². The average molecular weight is 319 g/mol. The van der Waals surface area contributed by atoms with Crippen molar-refractivity contribution < 1.29 is 0 Å². The van der Waals surface area contributed by atoms with Crippen LogP contribution in [0.1, 0.15) is 55.1 Å².